The average Bonchev–Trinajstić information content (AvgIpc) is 2.90. The van der Waals surface area contributed by atoms with Crippen LogP contribution in [0.2, 0.25) is 0 Å². The third-order valence-electron chi connectivity index (χ3n) is 3.50. The molecule has 6 heteroatoms. The van der Waals surface area contributed by atoms with Crippen LogP contribution in [0.25, 0.3) is 0 Å². The molecule has 0 saturated carbocycles. The van der Waals surface area contributed by atoms with Gasteiger partial charge in [0.15, 0.2) is 0 Å². The summed E-state index contributed by atoms with van der Waals surface area (Å²) in [7, 11) is 3.73. The van der Waals surface area contributed by atoms with Crippen LogP contribution in [-0.4, -0.2) is 35.7 Å². The smallest absolute Gasteiger partial charge is 0.272 e. The van der Waals surface area contributed by atoms with Gasteiger partial charge in [-0.3, -0.25) is 9.48 Å². The lowest BCUT2D eigenvalue weighted by atomic mass is 10.1. The fraction of sp³-hybridized carbons (Fsp3) is 0.533. The molecule has 0 aliphatic carbocycles. The van der Waals surface area contributed by atoms with Crippen molar-refractivity contribution in [2.24, 2.45) is 14.1 Å². The van der Waals surface area contributed by atoms with Crippen molar-refractivity contribution in [2.75, 3.05) is 0 Å². The van der Waals surface area contributed by atoms with Gasteiger partial charge in [-0.15, -0.1) is 0 Å². The summed E-state index contributed by atoms with van der Waals surface area (Å²) in [6, 6.07) is 1.82. The number of carbonyl (C=O) groups is 1. The van der Waals surface area contributed by atoms with Gasteiger partial charge in [0.25, 0.3) is 5.91 Å². The van der Waals surface area contributed by atoms with Crippen LogP contribution in [0.1, 0.15) is 42.8 Å². The van der Waals surface area contributed by atoms with Crippen LogP contribution < -0.4 is 0 Å². The van der Waals surface area contributed by atoms with Crippen LogP contribution in [-0.2, 0) is 20.6 Å². The highest BCUT2D eigenvalue weighted by atomic mass is 16.2. The molecule has 0 aliphatic rings. The zero-order valence-electron chi connectivity index (χ0n) is 13.6. The number of aromatic nitrogens is 4. The second-order valence-electron chi connectivity index (χ2n) is 6.31. The maximum atomic E-state index is 12.9. The first-order valence-electron chi connectivity index (χ1n) is 6.99. The molecule has 21 heavy (non-hydrogen) atoms. The molecule has 0 unspecified atom stereocenters. The van der Waals surface area contributed by atoms with Crippen LogP contribution in [0, 0.1) is 6.92 Å². The van der Waals surface area contributed by atoms with Gasteiger partial charge in [-0.25, -0.2) is 4.98 Å². The van der Waals surface area contributed by atoms with Gasteiger partial charge in [0.05, 0.1) is 12.2 Å². The lowest BCUT2D eigenvalue weighted by molar-refractivity contribution is 0.0537. The normalized spacial score (nSPS) is 11.7. The van der Waals surface area contributed by atoms with Crippen LogP contribution in [0.3, 0.4) is 0 Å². The van der Waals surface area contributed by atoms with Gasteiger partial charge in [-0.2, -0.15) is 5.10 Å². The number of rotatable bonds is 3. The quantitative estimate of drug-likeness (QED) is 0.867. The van der Waals surface area contributed by atoms with E-state index in [2.05, 4.69) is 10.1 Å². The number of hydrogen-bond acceptors (Lipinski definition) is 3. The number of aryl methyl sites for hydroxylation is 3. The van der Waals surface area contributed by atoms with Crippen molar-refractivity contribution in [1.82, 2.24) is 24.2 Å². The summed E-state index contributed by atoms with van der Waals surface area (Å²) in [5, 5.41) is 4.26. The Morgan fingerprint density at radius 3 is 2.43 bits per heavy atom. The monoisotopic (exact) mass is 289 g/mol. The summed E-state index contributed by atoms with van der Waals surface area (Å²) in [6.45, 7) is 8.43. The molecule has 0 radical (unpaired) electrons. The van der Waals surface area contributed by atoms with Crippen LogP contribution in [0.5, 0.6) is 0 Å². The minimum absolute atomic E-state index is 0.0337. The molecule has 0 saturated heterocycles. The highest BCUT2D eigenvalue weighted by Crippen LogP contribution is 2.20. The molecule has 2 aromatic heterocycles. The van der Waals surface area contributed by atoms with Gasteiger partial charge in [0, 0.05) is 32.0 Å². The molecular weight excluding hydrogens is 266 g/mol. The molecule has 2 rings (SSSR count). The van der Waals surface area contributed by atoms with E-state index in [1.165, 1.54) is 0 Å². The summed E-state index contributed by atoms with van der Waals surface area (Å²) in [4.78, 5) is 19.0. The number of amides is 1. The lowest BCUT2D eigenvalue weighted by Crippen LogP contribution is -2.46. The largest absolute Gasteiger partial charge is 0.337 e. The Bertz CT molecular complexity index is 647. The van der Waals surface area contributed by atoms with Gasteiger partial charge in [-0.05, 0) is 33.8 Å². The molecule has 0 N–H and O–H groups in total. The Kier molecular flexibility index (Phi) is 3.89. The van der Waals surface area contributed by atoms with Crippen LogP contribution in [0.4, 0.5) is 0 Å². The van der Waals surface area contributed by atoms with Crippen molar-refractivity contribution < 1.29 is 4.79 Å². The van der Waals surface area contributed by atoms with Crippen LogP contribution >= 0.6 is 0 Å². The van der Waals surface area contributed by atoms with E-state index in [1.807, 2.05) is 56.5 Å². The highest BCUT2D eigenvalue weighted by molar-refractivity contribution is 5.93. The molecule has 0 aromatic carbocycles. The van der Waals surface area contributed by atoms with E-state index in [4.69, 9.17) is 0 Å². The molecule has 6 nitrogen and oxygen atoms in total. The molecule has 2 heterocycles. The maximum Gasteiger partial charge on any atom is 0.272 e. The van der Waals surface area contributed by atoms with Gasteiger partial charge in [0.1, 0.15) is 11.5 Å². The fourth-order valence-corrected chi connectivity index (χ4v) is 2.25. The fourth-order valence-electron chi connectivity index (χ4n) is 2.25. The molecule has 0 atom stereocenters. The lowest BCUT2D eigenvalue weighted by Gasteiger charge is -2.35. The standard InChI is InChI=1S/C15H23N5O/c1-11-9-12(19(6)17-11)14(21)20(15(2,3)4)10-13-16-7-8-18(13)5/h7-9H,10H2,1-6H3. The number of hydrogen-bond donors (Lipinski definition) is 0. The first-order valence-corrected chi connectivity index (χ1v) is 6.99. The molecule has 0 fully saturated rings. The summed E-state index contributed by atoms with van der Waals surface area (Å²) < 4.78 is 3.56. The molecule has 0 aliphatic heterocycles. The zero-order chi connectivity index (χ0) is 15.8. The van der Waals surface area contributed by atoms with Crippen molar-refractivity contribution in [2.45, 2.75) is 39.8 Å². The van der Waals surface area contributed by atoms with Gasteiger partial charge < -0.3 is 9.47 Å². The van der Waals surface area contributed by atoms with E-state index in [0.29, 0.717) is 12.2 Å². The van der Waals surface area contributed by atoms with E-state index >= 15 is 0 Å². The predicted octanol–water partition coefficient (Wildman–Crippen LogP) is 1.90. The van der Waals surface area contributed by atoms with Crippen molar-refractivity contribution >= 4 is 5.91 Å². The first-order chi connectivity index (χ1) is 9.70. The van der Waals surface area contributed by atoms with Crippen molar-refractivity contribution in [3.05, 3.63) is 35.7 Å². The zero-order valence-corrected chi connectivity index (χ0v) is 13.6. The minimum atomic E-state index is -0.304. The second-order valence-corrected chi connectivity index (χ2v) is 6.31. The second kappa shape index (κ2) is 5.35. The molecule has 114 valence electrons. The third kappa shape index (κ3) is 3.15. The Balaban J connectivity index is 2.35. The Morgan fingerprint density at radius 2 is 2.00 bits per heavy atom. The average molecular weight is 289 g/mol. The van der Waals surface area contributed by atoms with Crippen molar-refractivity contribution in [3.8, 4) is 0 Å². The maximum absolute atomic E-state index is 12.9. The van der Waals surface area contributed by atoms with E-state index in [1.54, 1.807) is 17.9 Å². The molecular formula is C15H23N5O. The summed E-state index contributed by atoms with van der Waals surface area (Å²) in [5.74, 6) is 0.825. The Hall–Kier alpha value is -2.11. The molecule has 0 bridgehead atoms. The van der Waals surface area contributed by atoms with Crippen molar-refractivity contribution in [3.63, 3.8) is 0 Å². The van der Waals surface area contributed by atoms with E-state index in [-0.39, 0.29) is 11.4 Å². The number of imidazole rings is 1. The molecule has 2 aromatic rings. The summed E-state index contributed by atoms with van der Waals surface area (Å²) >= 11 is 0. The SMILES string of the molecule is Cc1cc(C(=O)N(Cc2nccn2C)C(C)(C)C)n(C)n1. The van der Waals surface area contributed by atoms with Gasteiger partial charge in [-0.1, -0.05) is 0 Å². The summed E-state index contributed by atoms with van der Waals surface area (Å²) in [5.41, 5.74) is 1.13. The number of nitrogens with zero attached hydrogens (tertiary/aromatic N) is 5. The van der Waals surface area contributed by atoms with E-state index in [9.17, 15) is 4.79 Å². The van der Waals surface area contributed by atoms with Gasteiger partial charge >= 0.3 is 0 Å². The number of carbonyl (C=O) groups excluding carboxylic acids is 1. The predicted molar refractivity (Wildman–Crippen MR) is 80.8 cm³/mol. The Labute approximate surface area is 125 Å². The minimum Gasteiger partial charge on any atom is -0.337 e. The summed E-state index contributed by atoms with van der Waals surface area (Å²) in [6.07, 6.45) is 3.63. The van der Waals surface area contributed by atoms with Gasteiger partial charge in [0.2, 0.25) is 0 Å². The molecule has 1 amide bonds. The van der Waals surface area contributed by atoms with Crippen molar-refractivity contribution in [1.29, 1.82) is 0 Å². The van der Waals surface area contributed by atoms with E-state index < -0.39 is 0 Å². The topological polar surface area (TPSA) is 56.0 Å². The van der Waals surface area contributed by atoms with Crippen LogP contribution in [0.15, 0.2) is 18.5 Å². The third-order valence-corrected chi connectivity index (χ3v) is 3.50. The highest BCUT2D eigenvalue weighted by Gasteiger charge is 2.30. The molecule has 0 spiro atoms. The Morgan fingerprint density at radius 1 is 1.33 bits per heavy atom. The first kappa shape index (κ1) is 15.3. The van der Waals surface area contributed by atoms with E-state index in [0.717, 1.165) is 11.5 Å².